The summed E-state index contributed by atoms with van der Waals surface area (Å²) in [5.74, 6) is 0.297. The van der Waals surface area contributed by atoms with E-state index in [9.17, 15) is 10.1 Å². The summed E-state index contributed by atoms with van der Waals surface area (Å²) in [6, 6.07) is 2.82. The fourth-order valence-electron chi connectivity index (χ4n) is 1.62. The van der Waals surface area contributed by atoms with E-state index >= 15 is 0 Å². The van der Waals surface area contributed by atoms with Gasteiger partial charge in [0.1, 0.15) is 6.61 Å². The molecule has 0 bridgehead atoms. The molecule has 0 radical (unpaired) electrons. The van der Waals surface area contributed by atoms with Crippen LogP contribution in [0.25, 0.3) is 0 Å². The highest BCUT2D eigenvalue weighted by Crippen LogP contribution is 2.36. The molecule has 0 unspecified atom stereocenters. The molecular weight excluding hydrogens is 220 g/mol. The lowest BCUT2D eigenvalue weighted by atomic mass is 10.0. The molecule has 15 heavy (non-hydrogen) atoms. The summed E-state index contributed by atoms with van der Waals surface area (Å²) in [4.78, 5) is 10.2. The highest BCUT2D eigenvalue weighted by atomic mass is 35.5. The number of hydrogen-bond donors (Lipinski definition) is 1. The fourth-order valence-corrected chi connectivity index (χ4v) is 1.86. The molecule has 1 aliphatic heterocycles. The van der Waals surface area contributed by atoms with Crippen LogP contribution in [0.1, 0.15) is 5.56 Å². The third-order valence-corrected chi connectivity index (χ3v) is 2.45. The van der Waals surface area contributed by atoms with E-state index in [-0.39, 0.29) is 11.7 Å². The van der Waals surface area contributed by atoms with Crippen LogP contribution in [-0.2, 0) is 6.42 Å². The Morgan fingerprint density at radius 3 is 3.00 bits per heavy atom. The van der Waals surface area contributed by atoms with Gasteiger partial charge >= 0.3 is 5.69 Å². The zero-order valence-electron chi connectivity index (χ0n) is 7.77. The average Bonchev–Trinajstić information content (AvgIpc) is 2.15. The average molecular weight is 229 g/mol. The molecule has 1 atom stereocenters. The molecule has 6 heteroatoms. The van der Waals surface area contributed by atoms with Gasteiger partial charge in [-0.2, -0.15) is 0 Å². The van der Waals surface area contributed by atoms with Crippen LogP contribution in [0.4, 0.5) is 5.69 Å². The third kappa shape index (κ3) is 1.88. The Balaban J connectivity index is 2.54. The minimum Gasteiger partial charge on any atom is -0.485 e. The van der Waals surface area contributed by atoms with Crippen LogP contribution in [0, 0.1) is 10.1 Å². The van der Waals surface area contributed by atoms with Crippen molar-refractivity contribution in [2.75, 3.05) is 6.61 Å². The monoisotopic (exact) mass is 228 g/mol. The van der Waals surface area contributed by atoms with Gasteiger partial charge in [-0.1, -0.05) is 11.6 Å². The van der Waals surface area contributed by atoms with Crippen LogP contribution in [0.15, 0.2) is 12.1 Å². The molecule has 1 heterocycles. The quantitative estimate of drug-likeness (QED) is 0.584. The van der Waals surface area contributed by atoms with Crippen molar-refractivity contribution >= 4 is 17.3 Å². The van der Waals surface area contributed by atoms with E-state index in [1.165, 1.54) is 6.07 Å². The summed E-state index contributed by atoms with van der Waals surface area (Å²) in [5, 5.41) is 11.1. The first-order valence-corrected chi connectivity index (χ1v) is 4.81. The van der Waals surface area contributed by atoms with E-state index < -0.39 is 4.92 Å². The van der Waals surface area contributed by atoms with E-state index in [2.05, 4.69) is 0 Å². The van der Waals surface area contributed by atoms with Crippen LogP contribution in [-0.4, -0.2) is 17.6 Å². The van der Waals surface area contributed by atoms with Gasteiger partial charge in [0.05, 0.1) is 4.92 Å². The molecule has 1 aromatic rings. The Morgan fingerprint density at radius 1 is 1.60 bits per heavy atom. The maximum Gasteiger partial charge on any atom is 0.312 e. The standard InChI is InChI=1S/C9H9ClN2O3/c10-6-1-5-2-7(11)4-15-9(5)8(3-6)12(13)14/h1,3,7H,2,4,11H2/t7-/m1/s1. The predicted octanol–water partition coefficient (Wildman–Crippen LogP) is 1.51. The smallest absolute Gasteiger partial charge is 0.312 e. The van der Waals surface area contributed by atoms with Crippen molar-refractivity contribution in [3.05, 3.63) is 32.8 Å². The molecule has 2 rings (SSSR count). The normalized spacial score (nSPS) is 19.2. The Kier molecular flexibility index (Phi) is 2.50. The highest BCUT2D eigenvalue weighted by molar-refractivity contribution is 6.31. The van der Waals surface area contributed by atoms with E-state index in [0.717, 1.165) is 0 Å². The maximum absolute atomic E-state index is 10.7. The number of halogens is 1. The number of nitrogens with two attached hydrogens (primary N) is 1. The van der Waals surface area contributed by atoms with Crippen molar-refractivity contribution in [3.8, 4) is 5.75 Å². The van der Waals surface area contributed by atoms with Crippen LogP contribution >= 0.6 is 11.6 Å². The van der Waals surface area contributed by atoms with Gasteiger partial charge < -0.3 is 10.5 Å². The van der Waals surface area contributed by atoms with Crippen molar-refractivity contribution in [1.29, 1.82) is 0 Å². The number of hydrogen-bond acceptors (Lipinski definition) is 4. The van der Waals surface area contributed by atoms with Gasteiger partial charge in [-0.25, -0.2) is 0 Å². The lowest BCUT2D eigenvalue weighted by Gasteiger charge is -2.22. The van der Waals surface area contributed by atoms with Crippen LogP contribution in [0.5, 0.6) is 5.75 Å². The molecule has 1 aromatic carbocycles. The Bertz CT molecular complexity index is 422. The van der Waals surface area contributed by atoms with Crippen molar-refractivity contribution in [2.24, 2.45) is 5.73 Å². The molecule has 0 spiro atoms. The maximum atomic E-state index is 10.7. The lowest BCUT2D eigenvalue weighted by molar-refractivity contribution is -0.386. The molecule has 80 valence electrons. The molecule has 0 saturated heterocycles. The Morgan fingerprint density at radius 2 is 2.33 bits per heavy atom. The first kappa shape index (κ1) is 10.2. The second-order valence-electron chi connectivity index (χ2n) is 3.45. The van der Waals surface area contributed by atoms with E-state index in [1.807, 2.05) is 0 Å². The third-order valence-electron chi connectivity index (χ3n) is 2.23. The van der Waals surface area contributed by atoms with Crippen molar-refractivity contribution < 1.29 is 9.66 Å². The minimum absolute atomic E-state index is 0.0931. The number of nitro benzene ring substituents is 1. The van der Waals surface area contributed by atoms with Crippen molar-refractivity contribution in [1.82, 2.24) is 0 Å². The molecule has 0 amide bonds. The summed E-state index contributed by atoms with van der Waals surface area (Å²) < 4.78 is 5.26. The number of nitro groups is 1. The molecule has 0 aliphatic carbocycles. The molecule has 0 fully saturated rings. The molecular formula is C9H9ClN2O3. The number of ether oxygens (including phenoxy) is 1. The number of benzene rings is 1. The summed E-state index contributed by atoms with van der Waals surface area (Å²) in [7, 11) is 0. The largest absolute Gasteiger partial charge is 0.485 e. The molecule has 1 aliphatic rings. The molecule has 5 nitrogen and oxygen atoms in total. The SMILES string of the molecule is N[C@H]1COc2c(cc(Cl)cc2[N+](=O)[O-])C1. The van der Waals surface area contributed by atoms with Gasteiger partial charge in [0.15, 0.2) is 0 Å². The topological polar surface area (TPSA) is 78.4 Å². The minimum atomic E-state index is -0.498. The second kappa shape index (κ2) is 3.67. The van der Waals surface area contributed by atoms with E-state index in [1.54, 1.807) is 6.07 Å². The first-order valence-electron chi connectivity index (χ1n) is 4.43. The van der Waals surface area contributed by atoms with Crippen molar-refractivity contribution in [3.63, 3.8) is 0 Å². The zero-order chi connectivity index (χ0) is 11.0. The zero-order valence-corrected chi connectivity index (χ0v) is 8.53. The fraction of sp³-hybridized carbons (Fsp3) is 0.333. The summed E-state index contributed by atoms with van der Waals surface area (Å²) in [6.45, 7) is 0.301. The van der Waals surface area contributed by atoms with E-state index in [0.29, 0.717) is 29.4 Å². The second-order valence-corrected chi connectivity index (χ2v) is 3.88. The number of rotatable bonds is 1. The molecule has 0 saturated carbocycles. The van der Waals surface area contributed by atoms with Crippen LogP contribution in [0.3, 0.4) is 0 Å². The van der Waals surface area contributed by atoms with Gasteiger partial charge in [-0.15, -0.1) is 0 Å². The molecule has 0 aromatic heterocycles. The first-order chi connectivity index (χ1) is 7.08. The van der Waals surface area contributed by atoms with Crippen LogP contribution < -0.4 is 10.5 Å². The van der Waals surface area contributed by atoms with Gasteiger partial charge in [0.2, 0.25) is 5.75 Å². The summed E-state index contributed by atoms with van der Waals surface area (Å²) in [6.07, 6.45) is 0.552. The Labute approximate surface area is 90.9 Å². The van der Waals surface area contributed by atoms with Gasteiger partial charge in [-0.3, -0.25) is 10.1 Å². The van der Waals surface area contributed by atoms with Crippen LogP contribution in [0.2, 0.25) is 5.02 Å². The summed E-state index contributed by atoms with van der Waals surface area (Å²) >= 11 is 5.77. The lowest BCUT2D eigenvalue weighted by Crippen LogP contribution is -2.34. The summed E-state index contributed by atoms with van der Waals surface area (Å²) in [5.41, 5.74) is 6.30. The van der Waals surface area contributed by atoms with Crippen molar-refractivity contribution in [2.45, 2.75) is 12.5 Å². The molecule has 2 N–H and O–H groups in total. The van der Waals surface area contributed by atoms with Gasteiger partial charge in [0.25, 0.3) is 0 Å². The highest BCUT2D eigenvalue weighted by Gasteiger charge is 2.26. The van der Waals surface area contributed by atoms with E-state index in [4.69, 9.17) is 22.1 Å². The predicted molar refractivity (Wildman–Crippen MR) is 55.3 cm³/mol. The van der Waals surface area contributed by atoms with Gasteiger partial charge in [-0.05, 0) is 12.5 Å². The number of nitrogens with zero attached hydrogens (tertiary/aromatic N) is 1. The Hall–Kier alpha value is -1.33. The van der Waals surface area contributed by atoms with Gasteiger partial charge in [0, 0.05) is 22.7 Å². The number of fused-ring (bicyclic) bond motifs is 1.